The Morgan fingerprint density at radius 3 is 2.73 bits per heavy atom. The lowest BCUT2D eigenvalue weighted by molar-refractivity contribution is 0.288. The van der Waals surface area contributed by atoms with Gasteiger partial charge in [0.2, 0.25) is 0 Å². The van der Waals surface area contributed by atoms with Gasteiger partial charge in [0.05, 0.1) is 5.69 Å². The Morgan fingerprint density at radius 1 is 1.40 bits per heavy atom. The molecule has 0 radical (unpaired) electrons. The van der Waals surface area contributed by atoms with Crippen LogP contribution in [0.15, 0.2) is 22.8 Å². The Kier molecular flexibility index (Phi) is 3.88. The predicted molar refractivity (Wildman–Crippen MR) is 65.1 cm³/mol. The number of nitrogens with zero attached hydrogens (tertiary/aromatic N) is 2. The van der Waals surface area contributed by atoms with Gasteiger partial charge in [-0.3, -0.25) is 14.1 Å². The van der Waals surface area contributed by atoms with Crippen LogP contribution < -0.4 is 0 Å². The molecule has 0 aromatic carbocycles. The molecule has 2 rings (SSSR count). The van der Waals surface area contributed by atoms with E-state index in [-0.39, 0.29) is 0 Å². The summed E-state index contributed by atoms with van der Waals surface area (Å²) in [5.74, 6) is 1.60. The second-order valence-electron chi connectivity index (χ2n) is 3.59. The summed E-state index contributed by atoms with van der Waals surface area (Å²) in [4.78, 5) is 6.63. The minimum atomic E-state index is -0.592. The third kappa shape index (κ3) is 3.36. The van der Waals surface area contributed by atoms with Crippen molar-refractivity contribution in [2.75, 3.05) is 24.6 Å². The van der Waals surface area contributed by atoms with Crippen molar-refractivity contribution < 1.29 is 4.21 Å². The Bertz CT molecular complexity index is 345. The first-order chi connectivity index (χ1) is 7.24. The average Bonchev–Trinajstić information content (AvgIpc) is 2.25. The molecule has 0 spiro atoms. The highest BCUT2D eigenvalue weighted by Gasteiger charge is 2.15. The van der Waals surface area contributed by atoms with Crippen molar-refractivity contribution in [3.63, 3.8) is 0 Å². The van der Waals surface area contributed by atoms with Crippen LogP contribution in [0.4, 0.5) is 0 Å². The molecular weight excluding hydrogens is 276 g/mol. The number of pyridine rings is 1. The zero-order valence-electron chi connectivity index (χ0n) is 8.36. The van der Waals surface area contributed by atoms with Crippen LogP contribution >= 0.6 is 15.9 Å². The molecule has 0 atom stereocenters. The molecule has 3 nitrogen and oxygen atoms in total. The molecule has 1 aliphatic rings. The van der Waals surface area contributed by atoms with Gasteiger partial charge in [-0.1, -0.05) is 0 Å². The number of hydrogen-bond acceptors (Lipinski definition) is 3. The molecule has 5 heteroatoms. The maximum atomic E-state index is 11.2. The lowest BCUT2D eigenvalue weighted by atomic mass is 10.3. The van der Waals surface area contributed by atoms with Crippen LogP contribution in [0.25, 0.3) is 0 Å². The first-order valence-corrected chi connectivity index (χ1v) is 7.20. The Balaban J connectivity index is 1.91. The van der Waals surface area contributed by atoms with Crippen LogP contribution in [0.2, 0.25) is 0 Å². The summed E-state index contributed by atoms with van der Waals surface area (Å²) in [5, 5.41) is 0. The van der Waals surface area contributed by atoms with Gasteiger partial charge in [-0.15, -0.1) is 0 Å². The number of aromatic nitrogens is 1. The fraction of sp³-hybridized carbons (Fsp3) is 0.500. The van der Waals surface area contributed by atoms with E-state index in [9.17, 15) is 4.21 Å². The van der Waals surface area contributed by atoms with E-state index in [0.29, 0.717) is 0 Å². The van der Waals surface area contributed by atoms with Gasteiger partial charge in [0, 0.05) is 52.6 Å². The smallest absolute Gasteiger partial charge is 0.0544 e. The predicted octanol–water partition coefficient (Wildman–Crippen LogP) is 1.41. The molecular formula is C10H13BrN2OS. The van der Waals surface area contributed by atoms with E-state index in [4.69, 9.17) is 0 Å². The molecule has 1 aromatic rings. The van der Waals surface area contributed by atoms with Gasteiger partial charge in [0.25, 0.3) is 0 Å². The topological polar surface area (TPSA) is 33.2 Å². The lowest BCUT2D eigenvalue weighted by Crippen LogP contribution is -2.37. The average molecular weight is 289 g/mol. The summed E-state index contributed by atoms with van der Waals surface area (Å²) in [6, 6.07) is 4.03. The molecule has 0 N–H and O–H groups in total. The molecule has 15 heavy (non-hydrogen) atoms. The molecule has 0 unspecified atom stereocenters. The molecule has 1 aliphatic heterocycles. The summed E-state index contributed by atoms with van der Waals surface area (Å²) >= 11 is 3.36. The van der Waals surface area contributed by atoms with E-state index in [1.54, 1.807) is 0 Å². The number of halogens is 1. The minimum absolute atomic E-state index is 0.592. The van der Waals surface area contributed by atoms with Crippen LogP contribution in [0.1, 0.15) is 5.69 Å². The first kappa shape index (κ1) is 11.2. The molecule has 1 fully saturated rings. The molecule has 1 saturated heterocycles. The highest BCUT2D eigenvalue weighted by molar-refractivity contribution is 9.10. The molecule has 0 amide bonds. The standard InChI is InChI=1S/C10H13BrN2OS/c11-9-1-2-10(12-7-9)8-13-3-5-15(14)6-4-13/h1-2,7H,3-6,8H2. The third-order valence-electron chi connectivity index (χ3n) is 2.44. The van der Waals surface area contributed by atoms with Crippen LogP contribution in [-0.2, 0) is 17.3 Å². The Hall–Kier alpha value is -0.260. The van der Waals surface area contributed by atoms with Crippen molar-refractivity contribution in [2.45, 2.75) is 6.54 Å². The van der Waals surface area contributed by atoms with Crippen molar-refractivity contribution in [1.82, 2.24) is 9.88 Å². The van der Waals surface area contributed by atoms with Crippen LogP contribution in [0.5, 0.6) is 0 Å². The van der Waals surface area contributed by atoms with Gasteiger partial charge in [-0.2, -0.15) is 0 Å². The molecule has 2 heterocycles. The van der Waals surface area contributed by atoms with Crippen molar-refractivity contribution in [3.05, 3.63) is 28.5 Å². The second-order valence-corrected chi connectivity index (χ2v) is 6.20. The zero-order valence-corrected chi connectivity index (χ0v) is 10.8. The number of hydrogen-bond donors (Lipinski definition) is 0. The van der Waals surface area contributed by atoms with E-state index < -0.39 is 10.8 Å². The van der Waals surface area contributed by atoms with Crippen molar-refractivity contribution in [1.29, 1.82) is 0 Å². The van der Waals surface area contributed by atoms with Crippen molar-refractivity contribution >= 4 is 26.7 Å². The van der Waals surface area contributed by atoms with E-state index in [1.807, 2.05) is 18.3 Å². The van der Waals surface area contributed by atoms with E-state index >= 15 is 0 Å². The van der Waals surface area contributed by atoms with E-state index in [0.717, 1.165) is 41.3 Å². The minimum Gasteiger partial charge on any atom is -0.296 e. The Labute approximate surface area is 100 Å². The van der Waals surface area contributed by atoms with Crippen LogP contribution in [0.3, 0.4) is 0 Å². The highest BCUT2D eigenvalue weighted by Crippen LogP contribution is 2.10. The SMILES string of the molecule is O=S1CCN(Cc2ccc(Br)cn2)CC1. The van der Waals surface area contributed by atoms with Crippen LogP contribution in [0, 0.1) is 0 Å². The zero-order chi connectivity index (χ0) is 10.7. The number of rotatable bonds is 2. The highest BCUT2D eigenvalue weighted by atomic mass is 79.9. The summed E-state index contributed by atoms with van der Waals surface area (Å²) in [6.07, 6.45) is 1.82. The normalized spacial score (nSPS) is 19.3. The quantitative estimate of drug-likeness (QED) is 0.825. The maximum Gasteiger partial charge on any atom is 0.0544 e. The second kappa shape index (κ2) is 5.18. The van der Waals surface area contributed by atoms with E-state index in [2.05, 4.69) is 25.8 Å². The molecule has 1 aromatic heterocycles. The maximum absolute atomic E-state index is 11.2. The molecule has 0 bridgehead atoms. The Morgan fingerprint density at radius 2 is 2.13 bits per heavy atom. The van der Waals surface area contributed by atoms with Gasteiger partial charge in [-0.25, -0.2) is 0 Å². The first-order valence-electron chi connectivity index (χ1n) is 4.92. The lowest BCUT2D eigenvalue weighted by Gasteiger charge is -2.25. The van der Waals surface area contributed by atoms with Gasteiger partial charge < -0.3 is 0 Å². The summed E-state index contributed by atoms with van der Waals surface area (Å²) < 4.78 is 12.2. The van der Waals surface area contributed by atoms with Crippen molar-refractivity contribution in [3.8, 4) is 0 Å². The van der Waals surface area contributed by atoms with Gasteiger partial charge in [0.15, 0.2) is 0 Å². The van der Waals surface area contributed by atoms with Gasteiger partial charge in [0.1, 0.15) is 0 Å². The fourth-order valence-corrected chi connectivity index (χ4v) is 2.93. The summed E-state index contributed by atoms with van der Waals surface area (Å²) in [5.41, 5.74) is 1.07. The third-order valence-corrected chi connectivity index (χ3v) is 4.19. The summed E-state index contributed by atoms with van der Waals surface area (Å²) in [7, 11) is -0.592. The van der Waals surface area contributed by atoms with Gasteiger partial charge in [-0.05, 0) is 28.1 Å². The van der Waals surface area contributed by atoms with Crippen molar-refractivity contribution in [2.24, 2.45) is 0 Å². The fourth-order valence-electron chi connectivity index (χ4n) is 1.56. The molecule has 0 saturated carbocycles. The van der Waals surface area contributed by atoms with E-state index in [1.165, 1.54) is 0 Å². The molecule has 0 aliphatic carbocycles. The largest absolute Gasteiger partial charge is 0.296 e. The monoisotopic (exact) mass is 288 g/mol. The van der Waals surface area contributed by atoms with Crippen LogP contribution in [-0.4, -0.2) is 38.7 Å². The molecule has 82 valence electrons. The van der Waals surface area contributed by atoms with Gasteiger partial charge >= 0.3 is 0 Å². The summed E-state index contributed by atoms with van der Waals surface area (Å²) in [6.45, 7) is 2.71.